The van der Waals surface area contributed by atoms with Crippen molar-refractivity contribution in [2.45, 2.75) is 37.8 Å². The van der Waals surface area contributed by atoms with Gasteiger partial charge < -0.3 is 9.30 Å². The van der Waals surface area contributed by atoms with E-state index in [0.717, 1.165) is 12.8 Å². The van der Waals surface area contributed by atoms with Crippen LogP contribution in [0.15, 0.2) is 38.8 Å². The van der Waals surface area contributed by atoms with Crippen LogP contribution in [0.3, 0.4) is 0 Å². The number of H-pyrrole nitrogens is 1. The third kappa shape index (κ3) is 5.05. The summed E-state index contributed by atoms with van der Waals surface area (Å²) in [5.41, 5.74) is -0.576. The van der Waals surface area contributed by atoms with Gasteiger partial charge in [-0.25, -0.2) is 23.0 Å². The van der Waals surface area contributed by atoms with Crippen molar-refractivity contribution >= 4 is 27.2 Å². The highest BCUT2D eigenvalue weighted by Gasteiger charge is 2.19. The van der Waals surface area contributed by atoms with Crippen LogP contribution < -0.4 is 16.0 Å². The van der Waals surface area contributed by atoms with Crippen molar-refractivity contribution < 1.29 is 17.9 Å². The maximum Gasteiger partial charge on any atom is 0.338 e. The van der Waals surface area contributed by atoms with Gasteiger partial charge in [0.1, 0.15) is 12.4 Å². The van der Waals surface area contributed by atoms with E-state index >= 15 is 0 Å². The summed E-state index contributed by atoms with van der Waals surface area (Å²) in [6.07, 6.45) is 6.64. The minimum Gasteiger partial charge on any atom is -0.454 e. The quantitative estimate of drug-likeness (QED) is 0.340. The number of carbonyl (C=O) groups excluding carboxylic acids is 1. The molecule has 0 unspecified atom stereocenters. The minimum atomic E-state index is -3.78. The summed E-state index contributed by atoms with van der Waals surface area (Å²) in [7, 11) is -2.19. The van der Waals surface area contributed by atoms with E-state index in [-0.39, 0.29) is 40.6 Å². The summed E-state index contributed by atoms with van der Waals surface area (Å²) >= 11 is 0. The molecular weight excluding hydrogens is 450 g/mol. The number of aryl methyl sites for hydroxylation is 2. The number of terminal acetylenes is 1. The van der Waals surface area contributed by atoms with Crippen LogP contribution in [0.4, 0.5) is 0 Å². The van der Waals surface area contributed by atoms with Gasteiger partial charge in [0.15, 0.2) is 11.2 Å². The van der Waals surface area contributed by atoms with Crippen molar-refractivity contribution in [2.24, 2.45) is 7.05 Å². The lowest BCUT2D eigenvalue weighted by Crippen LogP contribution is -2.31. The maximum absolute atomic E-state index is 12.4. The number of nitrogens with zero attached hydrogens (tertiary/aromatic N) is 3. The largest absolute Gasteiger partial charge is 0.454 e. The summed E-state index contributed by atoms with van der Waals surface area (Å²) in [4.78, 5) is 43.5. The fourth-order valence-electron chi connectivity index (χ4n) is 3.15. The monoisotopic (exact) mass is 473 g/mol. The lowest BCUT2D eigenvalue weighted by Gasteiger charge is -2.07. The standard InChI is InChI=1S/C21H23N5O6S/c1-4-6-12-26-18-17(19(27)24-21(26)29)25(3)16(23-18)13-32-20(28)14-7-9-15(10-8-14)33(30,31)22-11-5-2/h2,7-10,22H,4,6,11-13H2,1,3H3,(H,24,27,29). The van der Waals surface area contributed by atoms with Gasteiger partial charge in [-0.05, 0) is 30.7 Å². The average molecular weight is 474 g/mol. The number of nitrogens with one attached hydrogen (secondary N) is 2. The second-order valence-corrected chi connectivity index (χ2v) is 8.92. The summed E-state index contributed by atoms with van der Waals surface area (Å²) in [6.45, 7) is 1.96. The summed E-state index contributed by atoms with van der Waals surface area (Å²) < 4.78 is 34.5. The number of hydrogen-bond acceptors (Lipinski definition) is 7. The molecule has 174 valence electrons. The van der Waals surface area contributed by atoms with E-state index in [0.29, 0.717) is 6.54 Å². The smallest absolute Gasteiger partial charge is 0.338 e. The van der Waals surface area contributed by atoms with E-state index in [2.05, 4.69) is 20.6 Å². The number of benzene rings is 1. The molecule has 0 aliphatic carbocycles. The first kappa shape index (κ1) is 24.0. The second-order valence-electron chi connectivity index (χ2n) is 7.15. The maximum atomic E-state index is 12.4. The van der Waals surface area contributed by atoms with E-state index in [9.17, 15) is 22.8 Å². The number of ether oxygens (including phenoxy) is 1. The first-order chi connectivity index (χ1) is 15.7. The van der Waals surface area contributed by atoms with Crippen molar-refractivity contribution in [3.05, 3.63) is 56.5 Å². The molecule has 3 rings (SSSR count). The molecule has 33 heavy (non-hydrogen) atoms. The molecule has 0 fully saturated rings. The van der Waals surface area contributed by atoms with E-state index in [4.69, 9.17) is 11.2 Å². The van der Waals surface area contributed by atoms with Crippen LogP contribution in [0.2, 0.25) is 0 Å². The predicted octanol–water partition coefficient (Wildman–Crippen LogP) is 0.492. The van der Waals surface area contributed by atoms with Gasteiger partial charge in [0.2, 0.25) is 10.0 Å². The molecule has 0 aliphatic heterocycles. The fourth-order valence-corrected chi connectivity index (χ4v) is 4.08. The van der Waals surface area contributed by atoms with Crippen LogP contribution in [0, 0.1) is 12.3 Å². The van der Waals surface area contributed by atoms with Crippen molar-refractivity contribution in [2.75, 3.05) is 6.54 Å². The molecule has 2 heterocycles. The highest BCUT2D eigenvalue weighted by atomic mass is 32.2. The molecule has 0 bridgehead atoms. The minimum absolute atomic E-state index is 0.0473. The Morgan fingerprint density at radius 1 is 1.27 bits per heavy atom. The molecule has 11 nitrogen and oxygen atoms in total. The first-order valence-electron chi connectivity index (χ1n) is 10.1. The molecule has 0 spiro atoms. The lowest BCUT2D eigenvalue weighted by atomic mass is 10.2. The van der Waals surface area contributed by atoms with E-state index in [1.165, 1.54) is 33.4 Å². The molecule has 12 heteroatoms. The van der Waals surface area contributed by atoms with Crippen molar-refractivity contribution in [1.29, 1.82) is 0 Å². The van der Waals surface area contributed by atoms with E-state index < -0.39 is 27.2 Å². The second kappa shape index (κ2) is 9.85. The van der Waals surface area contributed by atoms with Crippen LogP contribution in [0.5, 0.6) is 0 Å². The van der Waals surface area contributed by atoms with Crippen LogP contribution >= 0.6 is 0 Å². The van der Waals surface area contributed by atoms with Gasteiger partial charge in [0.25, 0.3) is 5.56 Å². The van der Waals surface area contributed by atoms with Crippen molar-refractivity contribution in [1.82, 2.24) is 23.8 Å². The highest BCUT2D eigenvalue weighted by molar-refractivity contribution is 7.89. The Kier molecular flexibility index (Phi) is 7.15. The lowest BCUT2D eigenvalue weighted by molar-refractivity contribution is 0.0459. The zero-order valence-corrected chi connectivity index (χ0v) is 18.9. The van der Waals surface area contributed by atoms with Gasteiger partial charge in [-0.2, -0.15) is 4.72 Å². The van der Waals surface area contributed by atoms with Crippen LogP contribution in [0.1, 0.15) is 35.9 Å². The Morgan fingerprint density at radius 3 is 2.61 bits per heavy atom. The van der Waals surface area contributed by atoms with Crippen LogP contribution in [0.25, 0.3) is 11.2 Å². The van der Waals surface area contributed by atoms with Crippen molar-refractivity contribution in [3.63, 3.8) is 0 Å². The number of carbonyl (C=O) groups is 1. The number of imidazole rings is 1. The van der Waals surface area contributed by atoms with Gasteiger partial charge in [0, 0.05) is 13.6 Å². The SMILES string of the molecule is C#CCNS(=O)(=O)c1ccc(C(=O)OCc2nc3c(c(=O)[nH]c(=O)n3CCCC)n2C)cc1. The molecule has 0 saturated heterocycles. The molecule has 0 atom stereocenters. The Hall–Kier alpha value is -3.69. The number of unbranched alkanes of at least 4 members (excludes halogenated alkanes) is 1. The molecule has 2 aromatic heterocycles. The Bertz CT molecular complexity index is 1440. The third-order valence-corrected chi connectivity index (χ3v) is 6.36. The molecule has 0 radical (unpaired) electrons. The van der Waals surface area contributed by atoms with Gasteiger partial charge in [-0.15, -0.1) is 6.42 Å². The van der Waals surface area contributed by atoms with Gasteiger partial charge in [0.05, 0.1) is 17.0 Å². The van der Waals surface area contributed by atoms with Gasteiger partial charge in [-0.3, -0.25) is 14.3 Å². The number of hydrogen-bond donors (Lipinski definition) is 2. The van der Waals surface area contributed by atoms with Crippen LogP contribution in [-0.2, 0) is 35.0 Å². The zero-order chi connectivity index (χ0) is 24.2. The number of aromatic amines is 1. The summed E-state index contributed by atoms with van der Waals surface area (Å²) in [5.74, 6) is 1.74. The van der Waals surface area contributed by atoms with E-state index in [1.807, 2.05) is 6.92 Å². The molecule has 1 aromatic carbocycles. The molecule has 0 aliphatic rings. The van der Waals surface area contributed by atoms with E-state index in [1.54, 1.807) is 7.05 Å². The zero-order valence-electron chi connectivity index (χ0n) is 18.1. The normalized spacial score (nSPS) is 11.4. The Labute approximate surface area is 189 Å². The first-order valence-corrected chi connectivity index (χ1v) is 11.6. The molecule has 2 N–H and O–H groups in total. The molecule has 0 amide bonds. The number of aromatic nitrogens is 4. The fraction of sp³-hybridized carbons (Fsp3) is 0.333. The molecular formula is C21H23N5O6S. The van der Waals surface area contributed by atoms with Gasteiger partial charge in [-0.1, -0.05) is 19.3 Å². The number of rotatable bonds is 9. The van der Waals surface area contributed by atoms with Gasteiger partial charge >= 0.3 is 11.7 Å². The topological polar surface area (TPSA) is 145 Å². The summed E-state index contributed by atoms with van der Waals surface area (Å²) in [5, 5.41) is 0. The third-order valence-electron chi connectivity index (χ3n) is 4.94. The Balaban J connectivity index is 1.80. The number of fused-ring (bicyclic) bond motifs is 1. The summed E-state index contributed by atoms with van der Waals surface area (Å²) in [6, 6.07) is 5.15. The molecule has 0 saturated carbocycles. The average Bonchev–Trinajstić information content (AvgIpc) is 3.12. The van der Waals surface area contributed by atoms with Crippen LogP contribution in [-0.4, -0.2) is 40.0 Å². The number of sulfonamides is 1. The Morgan fingerprint density at radius 2 is 1.97 bits per heavy atom. The predicted molar refractivity (Wildman–Crippen MR) is 120 cm³/mol. The number of esters is 1. The van der Waals surface area contributed by atoms with Crippen molar-refractivity contribution in [3.8, 4) is 12.3 Å². The highest BCUT2D eigenvalue weighted by Crippen LogP contribution is 2.14. The molecule has 3 aromatic rings.